The summed E-state index contributed by atoms with van der Waals surface area (Å²) in [6.07, 6.45) is -3.85. The molecule has 86 valence electrons. The Balaban J connectivity index is 3.90. The van der Waals surface area contributed by atoms with Gasteiger partial charge in [0, 0.05) is 0 Å². The summed E-state index contributed by atoms with van der Waals surface area (Å²) in [5, 5.41) is 36.2. The fourth-order valence-corrected chi connectivity index (χ4v) is 1.47. The van der Waals surface area contributed by atoms with Crippen molar-refractivity contribution in [2.45, 2.75) is 38.0 Å². The molecule has 0 fully saturated rings. The van der Waals surface area contributed by atoms with E-state index in [2.05, 4.69) is 0 Å². The Kier molecular flexibility index (Phi) is 5.80. The van der Waals surface area contributed by atoms with Crippen molar-refractivity contribution >= 4 is 8.32 Å². The second-order valence-corrected chi connectivity index (χ2v) is 8.74. The monoisotopic (exact) mass is 224 g/mol. The lowest BCUT2D eigenvalue weighted by atomic mass is 10.1. The Morgan fingerprint density at radius 1 is 1.07 bits per heavy atom. The van der Waals surface area contributed by atoms with Crippen molar-refractivity contribution in [1.82, 2.24) is 0 Å². The Bertz CT molecular complexity index is 158. The molecule has 0 aliphatic carbocycles. The highest BCUT2D eigenvalue weighted by Crippen LogP contribution is 2.06. The van der Waals surface area contributed by atoms with Gasteiger partial charge in [0.1, 0.15) is 18.3 Å². The first-order valence-corrected chi connectivity index (χ1v) is 7.98. The molecule has 0 aliphatic heterocycles. The van der Waals surface area contributed by atoms with Crippen molar-refractivity contribution in [2.75, 3.05) is 13.2 Å². The minimum absolute atomic E-state index is 0.0199. The molecule has 0 aromatic rings. The van der Waals surface area contributed by atoms with Crippen LogP contribution in [0.5, 0.6) is 0 Å². The molecule has 5 nitrogen and oxygen atoms in total. The van der Waals surface area contributed by atoms with E-state index in [1.807, 2.05) is 19.6 Å². The number of aliphatic hydroxyl groups is 4. The van der Waals surface area contributed by atoms with E-state index in [0.29, 0.717) is 0 Å². The van der Waals surface area contributed by atoms with Gasteiger partial charge in [-0.1, -0.05) is 0 Å². The molecule has 14 heavy (non-hydrogen) atoms. The summed E-state index contributed by atoms with van der Waals surface area (Å²) in [7, 11) is -1.73. The van der Waals surface area contributed by atoms with Gasteiger partial charge >= 0.3 is 0 Å². The average molecular weight is 224 g/mol. The van der Waals surface area contributed by atoms with E-state index in [-0.39, 0.29) is 6.61 Å². The second-order valence-electron chi connectivity index (χ2n) is 4.23. The number of hydrogen-bond donors (Lipinski definition) is 4. The highest BCUT2D eigenvalue weighted by atomic mass is 28.4. The molecule has 0 saturated heterocycles. The van der Waals surface area contributed by atoms with E-state index in [4.69, 9.17) is 14.6 Å². The van der Waals surface area contributed by atoms with Crippen LogP contribution in [-0.2, 0) is 4.43 Å². The molecule has 3 atom stereocenters. The molecule has 0 bridgehead atoms. The molecule has 4 N–H and O–H groups in total. The summed E-state index contributed by atoms with van der Waals surface area (Å²) < 4.78 is 5.34. The van der Waals surface area contributed by atoms with E-state index in [1.165, 1.54) is 0 Å². The van der Waals surface area contributed by atoms with Crippen LogP contribution in [0, 0.1) is 0 Å². The zero-order valence-corrected chi connectivity index (χ0v) is 9.84. The summed E-state index contributed by atoms with van der Waals surface area (Å²) in [6.45, 7) is 5.26. The molecule has 0 aromatic heterocycles. The average Bonchev–Trinajstić information content (AvgIpc) is 2.10. The second kappa shape index (κ2) is 5.79. The fourth-order valence-electron chi connectivity index (χ4n) is 0.798. The Morgan fingerprint density at radius 2 is 1.57 bits per heavy atom. The van der Waals surface area contributed by atoms with Crippen molar-refractivity contribution in [2.24, 2.45) is 0 Å². The normalized spacial score (nSPS) is 19.1. The Labute approximate surface area is 85.1 Å². The molecule has 0 aliphatic rings. The molecular weight excluding hydrogens is 204 g/mol. The predicted octanol–water partition coefficient (Wildman–Crippen LogP) is -1.09. The lowest BCUT2D eigenvalue weighted by molar-refractivity contribution is -0.0879. The van der Waals surface area contributed by atoms with Gasteiger partial charge in [-0.25, -0.2) is 0 Å². The van der Waals surface area contributed by atoms with Gasteiger partial charge in [0.2, 0.25) is 0 Å². The van der Waals surface area contributed by atoms with E-state index >= 15 is 0 Å². The smallest absolute Gasteiger partial charge is 0.183 e. The third-order valence-electron chi connectivity index (χ3n) is 1.66. The summed E-state index contributed by atoms with van der Waals surface area (Å²) in [6, 6.07) is 0. The van der Waals surface area contributed by atoms with Crippen LogP contribution in [0.4, 0.5) is 0 Å². The molecule has 6 heteroatoms. The molecule has 0 spiro atoms. The minimum atomic E-state index is -1.73. The Hall–Kier alpha value is 0.0169. The van der Waals surface area contributed by atoms with Crippen LogP contribution in [0.2, 0.25) is 19.6 Å². The Morgan fingerprint density at radius 3 is 1.93 bits per heavy atom. The standard InChI is InChI=1S/C8H20O5Si/c1-14(2,3)13-5-7(11)8(12)6(10)4-9/h6-12H,4-5H2,1-3H3/t6-,7+,8-/m1/s1. The SMILES string of the molecule is C[Si](C)(C)OC[C@H](O)[C@H](O)[C@H](O)CO. The molecule has 0 unspecified atom stereocenters. The van der Waals surface area contributed by atoms with E-state index in [9.17, 15) is 10.2 Å². The van der Waals surface area contributed by atoms with Gasteiger partial charge in [-0.05, 0) is 19.6 Å². The zero-order valence-electron chi connectivity index (χ0n) is 8.84. The molecule has 0 amide bonds. The summed E-state index contributed by atoms with van der Waals surface area (Å²) in [5.74, 6) is 0. The number of aliphatic hydroxyl groups excluding tert-OH is 4. The molecule has 0 rings (SSSR count). The van der Waals surface area contributed by atoms with Gasteiger partial charge < -0.3 is 24.9 Å². The topological polar surface area (TPSA) is 90.2 Å². The lowest BCUT2D eigenvalue weighted by Crippen LogP contribution is -2.43. The zero-order chi connectivity index (χ0) is 11.4. The molecule has 0 saturated carbocycles. The maximum atomic E-state index is 9.36. The third kappa shape index (κ3) is 5.69. The van der Waals surface area contributed by atoms with Gasteiger partial charge in [0.25, 0.3) is 0 Å². The van der Waals surface area contributed by atoms with Crippen molar-refractivity contribution in [3.05, 3.63) is 0 Å². The largest absolute Gasteiger partial charge is 0.415 e. The first-order chi connectivity index (χ1) is 6.28. The van der Waals surface area contributed by atoms with Gasteiger partial charge in [-0.3, -0.25) is 0 Å². The number of hydrogen-bond acceptors (Lipinski definition) is 5. The van der Waals surface area contributed by atoms with Crippen molar-refractivity contribution in [3.8, 4) is 0 Å². The summed E-state index contributed by atoms with van der Waals surface area (Å²) >= 11 is 0. The minimum Gasteiger partial charge on any atom is -0.415 e. The van der Waals surface area contributed by atoms with E-state index in [1.54, 1.807) is 0 Å². The molecule has 0 radical (unpaired) electrons. The van der Waals surface area contributed by atoms with Crippen LogP contribution >= 0.6 is 0 Å². The fraction of sp³-hybridized carbons (Fsp3) is 1.00. The van der Waals surface area contributed by atoms with Crippen LogP contribution in [-0.4, -0.2) is 60.3 Å². The third-order valence-corrected chi connectivity index (χ3v) is 2.70. The summed E-state index contributed by atoms with van der Waals surface area (Å²) in [5.41, 5.74) is 0. The van der Waals surface area contributed by atoms with Crippen molar-refractivity contribution < 1.29 is 24.9 Å². The van der Waals surface area contributed by atoms with Crippen molar-refractivity contribution in [1.29, 1.82) is 0 Å². The maximum Gasteiger partial charge on any atom is 0.183 e. The molecular formula is C8H20O5Si. The van der Waals surface area contributed by atoms with Crippen LogP contribution in [0.1, 0.15) is 0 Å². The first kappa shape index (κ1) is 14.0. The van der Waals surface area contributed by atoms with Gasteiger partial charge in [-0.2, -0.15) is 0 Å². The van der Waals surface area contributed by atoms with Gasteiger partial charge in [0.05, 0.1) is 13.2 Å². The molecule has 0 heterocycles. The first-order valence-electron chi connectivity index (χ1n) is 4.57. The highest BCUT2D eigenvalue weighted by molar-refractivity contribution is 6.69. The maximum absolute atomic E-state index is 9.36. The summed E-state index contributed by atoms with van der Waals surface area (Å²) in [4.78, 5) is 0. The van der Waals surface area contributed by atoms with Crippen molar-refractivity contribution in [3.63, 3.8) is 0 Å². The van der Waals surface area contributed by atoms with Gasteiger partial charge in [-0.15, -0.1) is 0 Å². The van der Waals surface area contributed by atoms with Crippen LogP contribution < -0.4 is 0 Å². The predicted molar refractivity (Wildman–Crippen MR) is 54.4 cm³/mol. The number of rotatable bonds is 6. The van der Waals surface area contributed by atoms with Crippen LogP contribution in [0.25, 0.3) is 0 Å². The quantitative estimate of drug-likeness (QED) is 0.431. The van der Waals surface area contributed by atoms with E-state index in [0.717, 1.165) is 0 Å². The molecule has 0 aromatic carbocycles. The lowest BCUT2D eigenvalue weighted by Gasteiger charge is -2.25. The van der Waals surface area contributed by atoms with E-state index < -0.39 is 33.2 Å². The highest BCUT2D eigenvalue weighted by Gasteiger charge is 2.26. The van der Waals surface area contributed by atoms with Crippen LogP contribution in [0.3, 0.4) is 0 Å². The van der Waals surface area contributed by atoms with Gasteiger partial charge in [0.15, 0.2) is 8.32 Å². The van der Waals surface area contributed by atoms with Crippen LogP contribution in [0.15, 0.2) is 0 Å².